The van der Waals surface area contributed by atoms with Gasteiger partial charge in [-0.1, -0.05) is 6.07 Å². The molecule has 6 fully saturated rings. The molecule has 4 bridgehead atoms. The second kappa shape index (κ2) is 6.46. The molecule has 0 N–H and O–H groups in total. The summed E-state index contributed by atoms with van der Waals surface area (Å²) in [4.78, 5) is 20.0. The largest absolute Gasteiger partial charge is 0.371 e. The minimum absolute atomic E-state index is 0.0223. The van der Waals surface area contributed by atoms with Crippen molar-refractivity contribution in [2.45, 2.75) is 62.4 Å². The standard InChI is InChI=1S/C23H30N2O2S/c26-21(22-8-16-5-17(9-22)7-18(6-16)10-22)25-14-23(15-25)11-20(13-28-23)27-12-19-3-1-2-4-24-19/h1-4,16-18,20H,5-15H2/t16?,17?,18?,20-,22?/m0/s1. The second-order valence-corrected chi connectivity index (χ2v) is 11.8. The summed E-state index contributed by atoms with van der Waals surface area (Å²) in [5, 5.41) is 0. The van der Waals surface area contributed by atoms with Crippen molar-refractivity contribution in [1.29, 1.82) is 0 Å². The zero-order chi connectivity index (χ0) is 18.8. The predicted octanol–water partition coefficient (Wildman–Crippen LogP) is 3.90. The van der Waals surface area contributed by atoms with Crippen molar-refractivity contribution in [3.05, 3.63) is 30.1 Å². The van der Waals surface area contributed by atoms with Gasteiger partial charge in [-0.15, -0.1) is 11.8 Å². The highest BCUT2D eigenvalue weighted by molar-refractivity contribution is 8.01. The smallest absolute Gasteiger partial charge is 0.228 e. The lowest BCUT2D eigenvalue weighted by molar-refractivity contribution is -0.163. The van der Waals surface area contributed by atoms with Gasteiger partial charge in [0.05, 0.1) is 28.6 Å². The van der Waals surface area contributed by atoms with E-state index in [-0.39, 0.29) is 10.2 Å². The average molecular weight is 399 g/mol. The predicted molar refractivity (Wildman–Crippen MR) is 110 cm³/mol. The van der Waals surface area contributed by atoms with Gasteiger partial charge >= 0.3 is 0 Å². The van der Waals surface area contributed by atoms with E-state index >= 15 is 0 Å². The molecule has 0 radical (unpaired) electrons. The van der Waals surface area contributed by atoms with Crippen LogP contribution in [0.15, 0.2) is 24.4 Å². The van der Waals surface area contributed by atoms with E-state index in [1.54, 1.807) is 0 Å². The highest BCUT2D eigenvalue weighted by Gasteiger charge is 2.59. The summed E-state index contributed by atoms with van der Waals surface area (Å²) in [6.45, 7) is 2.49. The molecule has 1 aromatic rings. The van der Waals surface area contributed by atoms with Crippen molar-refractivity contribution in [2.24, 2.45) is 23.2 Å². The minimum Gasteiger partial charge on any atom is -0.371 e. The number of carbonyl (C=O) groups is 1. The number of pyridine rings is 1. The molecule has 1 aromatic heterocycles. The van der Waals surface area contributed by atoms with Crippen LogP contribution in [-0.4, -0.2) is 45.5 Å². The normalized spacial score (nSPS) is 40.1. The summed E-state index contributed by atoms with van der Waals surface area (Å²) >= 11 is 2.03. The monoisotopic (exact) mass is 398 g/mol. The molecule has 4 saturated carbocycles. The molecule has 4 nitrogen and oxygen atoms in total. The van der Waals surface area contributed by atoms with Gasteiger partial charge < -0.3 is 9.64 Å². The summed E-state index contributed by atoms with van der Waals surface area (Å²) in [7, 11) is 0. The van der Waals surface area contributed by atoms with Crippen LogP contribution in [0.25, 0.3) is 0 Å². The topological polar surface area (TPSA) is 42.4 Å². The maximum Gasteiger partial charge on any atom is 0.228 e. The van der Waals surface area contributed by atoms with Crippen molar-refractivity contribution >= 4 is 17.7 Å². The van der Waals surface area contributed by atoms with Crippen LogP contribution in [0.3, 0.4) is 0 Å². The number of carbonyl (C=O) groups excluding carboxylic acids is 1. The molecule has 5 heteroatoms. The van der Waals surface area contributed by atoms with Gasteiger partial charge in [0.1, 0.15) is 0 Å². The number of aromatic nitrogens is 1. The Morgan fingerprint density at radius 2 is 1.82 bits per heavy atom. The zero-order valence-corrected chi connectivity index (χ0v) is 17.3. The Kier molecular flexibility index (Phi) is 4.10. The number of hydrogen-bond donors (Lipinski definition) is 0. The Balaban J connectivity index is 1.05. The molecule has 0 aromatic carbocycles. The van der Waals surface area contributed by atoms with Crippen molar-refractivity contribution in [1.82, 2.24) is 9.88 Å². The SMILES string of the molecule is O=C(N1CC2(C[C@H](OCc3ccccn3)CS2)C1)C12CC3CC(CC(C3)C1)C2. The van der Waals surface area contributed by atoms with Crippen LogP contribution in [0.4, 0.5) is 0 Å². The fourth-order valence-corrected chi connectivity index (χ4v) is 8.87. The summed E-state index contributed by atoms with van der Waals surface area (Å²) < 4.78 is 6.39. The van der Waals surface area contributed by atoms with Gasteiger partial charge in [0, 0.05) is 25.0 Å². The Morgan fingerprint density at radius 1 is 1.11 bits per heavy atom. The van der Waals surface area contributed by atoms with E-state index in [1.165, 1.54) is 38.5 Å². The van der Waals surface area contributed by atoms with Gasteiger partial charge in [-0.25, -0.2) is 0 Å². The van der Waals surface area contributed by atoms with Gasteiger partial charge in [-0.2, -0.15) is 0 Å². The van der Waals surface area contributed by atoms with Gasteiger partial charge in [0.2, 0.25) is 5.91 Å². The molecular formula is C23H30N2O2S. The third kappa shape index (κ3) is 2.92. The first kappa shape index (κ1) is 17.8. The number of hydrogen-bond acceptors (Lipinski definition) is 4. The summed E-state index contributed by atoms with van der Waals surface area (Å²) in [6.07, 6.45) is 11.0. The maximum absolute atomic E-state index is 13.5. The van der Waals surface area contributed by atoms with E-state index in [2.05, 4.69) is 9.88 Å². The van der Waals surface area contributed by atoms with Gasteiger partial charge in [-0.05, 0) is 74.8 Å². The summed E-state index contributed by atoms with van der Waals surface area (Å²) in [5.41, 5.74) is 1.02. The maximum atomic E-state index is 13.5. The minimum atomic E-state index is 0.0223. The van der Waals surface area contributed by atoms with Crippen molar-refractivity contribution in [3.8, 4) is 0 Å². The molecule has 1 amide bonds. The lowest BCUT2D eigenvalue weighted by Crippen LogP contribution is -2.65. The van der Waals surface area contributed by atoms with Crippen molar-refractivity contribution < 1.29 is 9.53 Å². The van der Waals surface area contributed by atoms with Crippen molar-refractivity contribution in [3.63, 3.8) is 0 Å². The molecule has 2 aliphatic heterocycles. The second-order valence-electron chi connectivity index (χ2n) is 10.3. The van der Waals surface area contributed by atoms with Gasteiger partial charge in [0.15, 0.2) is 0 Å². The number of ether oxygens (including phenoxy) is 1. The lowest BCUT2D eigenvalue weighted by Gasteiger charge is -2.59. The Labute approximate surface area is 171 Å². The molecule has 1 spiro atoms. The van der Waals surface area contributed by atoms with E-state index in [0.29, 0.717) is 18.6 Å². The zero-order valence-electron chi connectivity index (χ0n) is 16.5. The Bertz CT molecular complexity index is 726. The van der Waals surface area contributed by atoms with E-state index in [4.69, 9.17) is 4.74 Å². The molecule has 1 atom stereocenters. The number of likely N-dealkylation sites (tertiary alicyclic amines) is 1. The average Bonchev–Trinajstić information content (AvgIpc) is 3.09. The molecule has 2 saturated heterocycles. The highest BCUT2D eigenvalue weighted by Crippen LogP contribution is 2.61. The van der Waals surface area contributed by atoms with E-state index in [1.807, 2.05) is 36.2 Å². The van der Waals surface area contributed by atoms with Crippen LogP contribution in [0.5, 0.6) is 0 Å². The third-order valence-corrected chi connectivity index (χ3v) is 9.68. The molecular weight excluding hydrogens is 368 g/mol. The summed E-state index contributed by atoms with van der Waals surface area (Å²) in [5.74, 6) is 4.09. The molecule has 6 aliphatic rings. The number of nitrogens with zero attached hydrogens (tertiary/aromatic N) is 2. The quantitative estimate of drug-likeness (QED) is 0.771. The van der Waals surface area contributed by atoms with Crippen LogP contribution >= 0.6 is 11.8 Å². The van der Waals surface area contributed by atoms with E-state index < -0.39 is 0 Å². The van der Waals surface area contributed by atoms with Gasteiger partial charge in [0.25, 0.3) is 0 Å². The molecule has 7 rings (SSSR count). The van der Waals surface area contributed by atoms with Crippen LogP contribution < -0.4 is 0 Å². The fourth-order valence-electron chi connectivity index (χ4n) is 7.32. The van der Waals surface area contributed by atoms with Gasteiger partial charge in [-0.3, -0.25) is 9.78 Å². The van der Waals surface area contributed by atoms with E-state index in [0.717, 1.165) is 48.7 Å². The van der Waals surface area contributed by atoms with Crippen LogP contribution in [0.1, 0.15) is 50.6 Å². The first-order valence-corrected chi connectivity index (χ1v) is 12.0. The molecule has 3 heterocycles. The fraction of sp³-hybridized carbons (Fsp3) is 0.739. The molecule has 0 unspecified atom stereocenters. The molecule has 4 aliphatic carbocycles. The number of rotatable bonds is 4. The van der Waals surface area contributed by atoms with Crippen LogP contribution in [0, 0.1) is 23.2 Å². The number of thioether (sulfide) groups is 1. The third-order valence-electron chi connectivity index (χ3n) is 8.11. The first-order valence-electron chi connectivity index (χ1n) is 11.1. The Morgan fingerprint density at radius 3 is 2.46 bits per heavy atom. The Hall–Kier alpha value is -1.07. The molecule has 28 heavy (non-hydrogen) atoms. The summed E-state index contributed by atoms with van der Waals surface area (Å²) in [6, 6.07) is 5.97. The van der Waals surface area contributed by atoms with Crippen LogP contribution in [-0.2, 0) is 16.1 Å². The molecule has 150 valence electrons. The first-order chi connectivity index (χ1) is 13.6. The number of amides is 1. The highest BCUT2D eigenvalue weighted by atomic mass is 32.2. The lowest BCUT2D eigenvalue weighted by atomic mass is 9.49. The van der Waals surface area contributed by atoms with Crippen LogP contribution in [0.2, 0.25) is 0 Å². The van der Waals surface area contributed by atoms with Crippen molar-refractivity contribution in [2.75, 3.05) is 18.8 Å². The van der Waals surface area contributed by atoms with E-state index in [9.17, 15) is 4.79 Å².